The number of ether oxygens (including phenoxy) is 5. The molecule has 0 aliphatic rings. The highest BCUT2D eigenvalue weighted by molar-refractivity contribution is 5.55. The predicted molar refractivity (Wildman–Crippen MR) is 97.5 cm³/mol. The van der Waals surface area contributed by atoms with Crippen LogP contribution in [-0.4, -0.2) is 40.7 Å². The third kappa shape index (κ3) is 3.79. The van der Waals surface area contributed by atoms with Crippen LogP contribution in [0.4, 0.5) is 0 Å². The molecular weight excluding hydrogens is 338 g/mol. The summed E-state index contributed by atoms with van der Waals surface area (Å²) in [5.41, 5.74) is 7.54. The zero-order valence-corrected chi connectivity index (χ0v) is 15.6. The summed E-state index contributed by atoms with van der Waals surface area (Å²) < 4.78 is 26.5. The van der Waals surface area contributed by atoms with Crippen molar-refractivity contribution in [2.24, 2.45) is 5.73 Å². The summed E-state index contributed by atoms with van der Waals surface area (Å²) in [5.74, 6) is 2.49. The van der Waals surface area contributed by atoms with Crippen LogP contribution in [0.2, 0.25) is 0 Å². The monoisotopic (exact) mass is 363 g/mol. The lowest BCUT2D eigenvalue weighted by Crippen LogP contribution is -2.20. The van der Waals surface area contributed by atoms with E-state index in [0.717, 1.165) is 0 Å². The van der Waals surface area contributed by atoms with E-state index in [9.17, 15) is 5.11 Å². The van der Waals surface area contributed by atoms with Crippen LogP contribution in [-0.2, 0) is 0 Å². The molecule has 0 fully saturated rings. The minimum absolute atomic E-state index is 0.464. The first-order valence-corrected chi connectivity index (χ1v) is 7.96. The second kappa shape index (κ2) is 8.64. The molecule has 142 valence electrons. The maximum absolute atomic E-state index is 10.7. The second-order valence-corrected chi connectivity index (χ2v) is 5.54. The van der Waals surface area contributed by atoms with Gasteiger partial charge in [-0.15, -0.1) is 0 Å². The number of aliphatic hydroxyl groups is 1. The highest BCUT2D eigenvalue weighted by Gasteiger charge is 2.24. The second-order valence-electron chi connectivity index (χ2n) is 5.54. The van der Waals surface area contributed by atoms with Gasteiger partial charge < -0.3 is 34.5 Å². The Hall–Kier alpha value is -2.64. The molecule has 0 saturated heterocycles. The molecule has 0 amide bonds. The molecule has 0 heterocycles. The lowest BCUT2D eigenvalue weighted by molar-refractivity contribution is 0.146. The van der Waals surface area contributed by atoms with Crippen molar-refractivity contribution in [3.8, 4) is 28.7 Å². The van der Waals surface area contributed by atoms with Gasteiger partial charge >= 0.3 is 0 Å². The van der Waals surface area contributed by atoms with Crippen LogP contribution in [0.15, 0.2) is 30.3 Å². The zero-order chi connectivity index (χ0) is 19.3. The third-order valence-corrected chi connectivity index (χ3v) is 4.16. The predicted octanol–water partition coefficient (Wildman–Crippen LogP) is 2.46. The van der Waals surface area contributed by atoms with Crippen molar-refractivity contribution in [3.05, 3.63) is 41.5 Å². The van der Waals surface area contributed by atoms with Gasteiger partial charge in [0, 0.05) is 0 Å². The Morgan fingerprint density at radius 2 is 1.19 bits per heavy atom. The van der Waals surface area contributed by atoms with Crippen molar-refractivity contribution in [2.75, 3.05) is 35.5 Å². The van der Waals surface area contributed by atoms with Crippen LogP contribution in [0, 0.1) is 0 Å². The average Bonchev–Trinajstić information content (AvgIpc) is 2.70. The summed E-state index contributed by atoms with van der Waals surface area (Å²) in [5, 5.41) is 10.7. The summed E-state index contributed by atoms with van der Waals surface area (Å²) in [6.45, 7) is 0. The number of benzene rings is 2. The summed E-state index contributed by atoms with van der Waals surface area (Å²) in [6, 6.07) is 7.87. The fourth-order valence-electron chi connectivity index (χ4n) is 2.72. The molecule has 0 radical (unpaired) electrons. The highest BCUT2D eigenvalue weighted by Crippen LogP contribution is 2.41. The fraction of sp³-hybridized carbons (Fsp3) is 0.368. The molecule has 2 aromatic rings. The number of aliphatic hydroxyl groups excluding tert-OH is 1. The maximum Gasteiger partial charge on any atom is 0.203 e. The van der Waals surface area contributed by atoms with E-state index < -0.39 is 12.1 Å². The van der Waals surface area contributed by atoms with Crippen molar-refractivity contribution in [2.45, 2.75) is 12.1 Å². The molecule has 2 rings (SSSR count). The Labute approximate surface area is 153 Å². The molecule has 26 heavy (non-hydrogen) atoms. The quantitative estimate of drug-likeness (QED) is 0.744. The molecule has 0 saturated carbocycles. The Bertz CT molecular complexity index is 724. The number of methoxy groups -OCH3 is 5. The van der Waals surface area contributed by atoms with E-state index in [-0.39, 0.29) is 0 Å². The Kier molecular flexibility index (Phi) is 6.54. The molecule has 0 aliphatic heterocycles. The fourth-order valence-corrected chi connectivity index (χ4v) is 2.72. The van der Waals surface area contributed by atoms with Crippen LogP contribution in [0.25, 0.3) is 0 Å². The SMILES string of the molecule is COc1ccc([C@@H](O)[C@@H](N)c2cc(OC)c(OC)c(OC)c2)cc1OC. The van der Waals surface area contributed by atoms with Crippen molar-refractivity contribution in [1.82, 2.24) is 0 Å². The standard InChI is InChI=1S/C19H25NO6/c1-22-13-7-6-11(8-14(13)23-2)18(21)17(20)12-9-15(24-3)19(26-5)16(10-12)25-4/h6-10,17-18,21H,20H2,1-5H3/t17-,18+/m0/s1. The molecule has 7 nitrogen and oxygen atoms in total. The molecule has 0 spiro atoms. The van der Waals surface area contributed by atoms with Gasteiger partial charge in [-0.25, -0.2) is 0 Å². The largest absolute Gasteiger partial charge is 0.493 e. The summed E-state index contributed by atoms with van der Waals surface area (Å²) in [4.78, 5) is 0. The summed E-state index contributed by atoms with van der Waals surface area (Å²) in [6.07, 6.45) is -0.974. The van der Waals surface area contributed by atoms with Gasteiger partial charge in [0.05, 0.1) is 47.7 Å². The van der Waals surface area contributed by atoms with Crippen molar-refractivity contribution in [1.29, 1.82) is 0 Å². The van der Waals surface area contributed by atoms with Crippen molar-refractivity contribution in [3.63, 3.8) is 0 Å². The van der Waals surface area contributed by atoms with Gasteiger partial charge in [-0.1, -0.05) is 6.07 Å². The highest BCUT2D eigenvalue weighted by atomic mass is 16.5. The van der Waals surface area contributed by atoms with Crippen molar-refractivity contribution >= 4 is 0 Å². The molecule has 2 aromatic carbocycles. The number of nitrogens with two attached hydrogens (primary N) is 1. The van der Waals surface area contributed by atoms with E-state index in [2.05, 4.69) is 0 Å². The number of rotatable bonds is 8. The molecular formula is C19H25NO6. The van der Waals surface area contributed by atoms with Crippen LogP contribution < -0.4 is 29.4 Å². The molecule has 0 aromatic heterocycles. The van der Waals surface area contributed by atoms with Gasteiger partial charge in [0.1, 0.15) is 0 Å². The first-order valence-electron chi connectivity index (χ1n) is 7.96. The Morgan fingerprint density at radius 3 is 1.65 bits per heavy atom. The van der Waals surface area contributed by atoms with E-state index in [1.165, 1.54) is 28.4 Å². The topological polar surface area (TPSA) is 92.4 Å². The minimum Gasteiger partial charge on any atom is -0.493 e. The minimum atomic E-state index is -0.974. The van der Waals surface area contributed by atoms with E-state index in [1.807, 2.05) is 0 Å². The van der Waals surface area contributed by atoms with E-state index in [0.29, 0.717) is 39.9 Å². The lowest BCUT2D eigenvalue weighted by atomic mass is 9.95. The maximum atomic E-state index is 10.7. The van der Waals surface area contributed by atoms with Gasteiger partial charge in [0.15, 0.2) is 23.0 Å². The molecule has 3 N–H and O–H groups in total. The summed E-state index contributed by atoms with van der Waals surface area (Å²) >= 11 is 0. The van der Waals surface area contributed by atoms with Gasteiger partial charge in [0.25, 0.3) is 0 Å². The number of hydrogen-bond acceptors (Lipinski definition) is 7. The summed E-state index contributed by atoms with van der Waals surface area (Å²) in [7, 11) is 7.66. The van der Waals surface area contributed by atoms with E-state index in [1.54, 1.807) is 37.4 Å². The lowest BCUT2D eigenvalue weighted by Gasteiger charge is -2.22. The molecule has 7 heteroatoms. The van der Waals surface area contributed by atoms with Crippen LogP contribution >= 0.6 is 0 Å². The number of hydrogen-bond donors (Lipinski definition) is 2. The third-order valence-electron chi connectivity index (χ3n) is 4.16. The molecule has 2 atom stereocenters. The molecule has 0 bridgehead atoms. The van der Waals surface area contributed by atoms with Gasteiger partial charge in [-0.05, 0) is 35.4 Å². The molecule has 0 unspecified atom stereocenters. The van der Waals surface area contributed by atoms with Crippen LogP contribution in [0.3, 0.4) is 0 Å². The van der Waals surface area contributed by atoms with E-state index in [4.69, 9.17) is 29.4 Å². The van der Waals surface area contributed by atoms with Crippen LogP contribution in [0.1, 0.15) is 23.3 Å². The Morgan fingerprint density at radius 1 is 0.692 bits per heavy atom. The normalized spacial score (nSPS) is 12.9. The zero-order valence-electron chi connectivity index (χ0n) is 15.6. The smallest absolute Gasteiger partial charge is 0.203 e. The van der Waals surface area contributed by atoms with Gasteiger partial charge in [-0.2, -0.15) is 0 Å². The van der Waals surface area contributed by atoms with Gasteiger partial charge in [0.2, 0.25) is 5.75 Å². The van der Waals surface area contributed by atoms with Gasteiger partial charge in [-0.3, -0.25) is 0 Å². The van der Waals surface area contributed by atoms with Crippen molar-refractivity contribution < 1.29 is 28.8 Å². The first-order chi connectivity index (χ1) is 12.5. The molecule has 0 aliphatic carbocycles. The first kappa shape index (κ1) is 19.7. The van der Waals surface area contributed by atoms with E-state index >= 15 is 0 Å². The average molecular weight is 363 g/mol. The Balaban J connectivity index is 2.40. The van der Waals surface area contributed by atoms with Crippen LogP contribution in [0.5, 0.6) is 28.7 Å².